The summed E-state index contributed by atoms with van der Waals surface area (Å²) in [6, 6.07) is 12.6. The van der Waals surface area contributed by atoms with E-state index < -0.39 is 24.3 Å². The third kappa shape index (κ3) is 4.79. The molecule has 0 spiro atoms. The highest BCUT2D eigenvalue weighted by atomic mass is 19.4. The van der Waals surface area contributed by atoms with Crippen molar-refractivity contribution in [2.24, 2.45) is 7.05 Å². The number of nitrogens with one attached hydrogen (secondary N) is 1. The monoisotopic (exact) mass is 455 g/mol. The number of pyridine rings is 2. The Balaban J connectivity index is 1.61. The van der Waals surface area contributed by atoms with Gasteiger partial charge in [0.15, 0.2) is 12.3 Å². The first-order valence-corrected chi connectivity index (χ1v) is 10.1. The predicted molar refractivity (Wildman–Crippen MR) is 115 cm³/mol. The summed E-state index contributed by atoms with van der Waals surface area (Å²) in [5.41, 5.74) is 0.560. The number of benzene rings is 1. The fourth-order valence-electron chi connectivity index (χ4n) is 3.46. The Morgan fingerprint density at radius 2 is 1.94 bits per heavy atom. The molecule has 7 nitrogen and oxygen atoms in total. The van der Waals surface area contributed by atoms with Gasteiger partial charge in [-0.3, -0.25) is 9.78 Å². The molecule has 1 unspecified atom stereocenters. The molecule has 0 bridgehead atoms. The zero-order valence-electron chi connectivity index (χ0n) is 17.8. The van der Waals surface area contributed by atoms with Crippen LogP contribution in [0.1, 0.15) is 24.1 Å². The van der Waals surface area contributed by atoms with Crippen molar-refractivity contribution in [3.8, 4) is 17.1 Å². The van der Waals surface area contributed by atoms with Crippen molar-refractivity contribution in [3.63, 3.8) is 0 Å². The van der Waals surface area contributed by atoms with E-state index in [9.17, 15) is 18.0 Å². The molecule has 3 heterocycles. The molecule has 3 aromatic heterocycles. The smallest absolute Gasteiger partial charge is 0.417 e. The molecule has 0 fully saturated rings. The van der Waals surface area contributed by atoms with E-state index in [0.717, 1.165) is 11.6 Å². The average molecular weight is 455 g/mol. The summed E-state index contributed by atoms with van der Waals surface area (Å²) in [5, 5.41) is 6.84. The average Bonchev–Trinajstić information content (AvgIpc) is 3.14. The summed E-state index contributed by atoms with van der Waals surface area (Å²) in [6.45, 7) is 1.27. The van der Waals surface area contributed by atoms with Crippen LogP contribution in [0.3, 0.4) is 0 Å². The second-order valence-corrected chi connectivity index (χ2v) is 7.41. The first-order valence-electron chi connectivity index (χ1n) is 10.1. The van der Waals surface area contributed by atoms with Gasteiger partial charge in [0, 0.05) is 31.1 Å². The van der Waals surface area contributed by atoms with E-state index in [2.05, 4.69) is 20.4 Å². The number of carbonyl (C=O) groups is 1. The molecule has 10 heteroatoms. The van der Waals surface area contributed by atoms with Gasteiger partial charge in [-0.15, -0.1) is 0 Å². The maximum Gasteiger partial charge on any atom is 0.417 e. The van der Waals surface area contributed by atoms with E-state index in [0.29, 0.717) is 5.56 Å². The molecule has 170 valence electrons. The number of nitrogens with zero attached hydrogens (tertiary/aromatic N) is 4. The van der Waals surface area contributed by atoms with Crippen molar-refractivity contribution in [1.29, 1.82) is 0 Å². The van der Waals surface area contributed by atoms with Gasteiger partial charge in [0.1, 0.15) is 5.69 Å². The number of alkyl halides is 3. The third-order valence-electron chi connectivity index (χ3n) is 5.04. The Labute approximate surface area is 187 Å². The van der Waals surface area contributed by atoms with Crippen LogP contribution < -0.4 is 10.1 Å². The van der Waals surface area contributed by atoms with Gasteiger partial charge in [-0.05, 0) is 18.6 Å². The van der Waals surface area contributed by atoms with Crippen molar-refractivity contribution < 1.29 is 22.7 Å². The minimum absolute atomic E-state index is 0.00261. The molecule has 1 amide bonds. The van der Waals surface area contributed by atoms with Crippen molar-refractivity contribution in [2.75, 3.05) is 6.61 Å². The number of aromatic nitrogens is 4. The number of rotatable bonds is 6. The van der Waals surface area contributed by atoms with Gasteiger partial charge in [-0.25, -0.2) is 4.68 Å². The quantitative estimate of drug-likeness (QED) is 0.469. The Morgan fingerprint density at radius 3 is 2.61 bits per heavy atom. The molecule has 1 atom stereocenters. The molecule has 0 aliphatic rings. The molecule has 0 aliphatic carbocycles. The molecule has 1 N–H and O–H groups in total. The zero-order chi connectivity index (χ0) is 23.6. The Hall–Kier alpha value is -3.95. The van der Waals surface area contributed by atoms with Crippen molar-refractivity contribution >= 4 is 16.9 Å². The van der Waals surface area contributed by atoms with Crippen LogP contribution in [0.2, 0.25) is 0 Å². The van der Waals surface area contributed by atoms with Crippen LogP contribution >= 0.6 is 0 Å². The maximum atomic E-state index is 14.0. The third-order valence-corrected chi connectivity index (χ3v) is 5.04. The molecule has 4 aromatic rings. The summed E-state index contributed by atoms with van der Waals surface area (Å²) in [5.74, 6) is -0.821. The van der Waals surface area contributed by atoms with Crippen molar-refractivity contribution in [3.05, 3.63) is 72.1 Å². The molecule has 0 saturated carbocycles. The van der Waals surface area contributed by atoms with E-state index in [1.165, 1.54) is 11.7 Å². The summed E-state index contributed by atoms with van der Waals surface area (Å²) in [4.78, 5) is 20.5. The number of hydrogen-bond donors (Lipinski definition) is 1. The lowest BCUT2D eigenvalue weighted by Gasteiger charge is -2.15. The molecule has 33 heavy (non-hydrogen) atoms. The molecular weight excluding hydrogens is 435 g/mol. The predicted octanol–water partition coefficient (Wildman–Crippen LogP) is 4.31. The van der Waals surface area contributed by atoms with E-state index >= 15 is 0 Å². The van der Waals surface area contributed by atoms with Gasteiger partial charge in [-0.2, -0.15) is 23.3 Å². The van der Waals surface area contributed by atoms with Gasteiger partial charge in [0.2, 0.25) is 5.88 Å². The summed E-state index contributed by atoms with van der Waals surface area (Å²) < 4.78 is 48.5. The number of carbonyl (C=O) groups excluding carboxylic acids is 1. The van der Waals surface area contributed by atoms with Crippen LogP contribution in [0.4, 0.5) is 13.2 Å². The second-order valence-electron chi connectivity index (χ2n) is 7.41. The fraction of sp³-hybridized carbons (Fsp3) is 0.217. The lowest BCUT2D eigenvalue weighted by atomic mass is 10.0. The van der Waals surface area contributed by atoms with Crippen LogP contribution in [0.5, 0.6) is 5.88 Å². The van der Waals surface area contributed by atoms with Gasteiger partial charge in [0.25, 0.3) is 5.91 Å². The first kappa shape index (κ1) is 22.3. The largest absolute Gasteiger partial charge is 0.467 e. The summed E-state index contributed by atoms with van der Waals surface area (Å²) >= 11 is 0. The molecule has 0 saturated heterocycles. The maximum absolute atomic E-state index is 14.0. The number of aryl methyl sites for hydroxylation is 1. The van der Waals surface area contributed by atoms with Crippen molar-refractivity contribution in [2.45, 2.75) is 19.1 Å². The SMILES string of the molecule is CC(NC(=O)COc1cc(C(F)(F)F)c2c(-c3ccccc3)nn(C)c2n1)c1cccnc1. The second kappa shape index (κ2) is 8.89. The van der Waals surface area contributed by atoms with Gasteiger partial charge in [0.05, 0.1) is 17.0 Å². The van der Waals surface area contributed by atoms with Crippen LogP contribution in [-0.2, 0) is 18.0 Å². The lowest BCUT2D eigenvalue weighted by molar-refractivity contribution is -0.136. The van der Waals surface area contributed by atoms with E-state index in [-0.39, 0.29) is 28.6 Å². The standard InChI is InChI=1S/C23H20F3N5O2/c1-14(16-9-6-10-27-12-16)28-18(32)13-33-19-11-17(23(24,25)26)20-21(15-7-4-3-5-8-15)30-31(2)22(20)29-19/h3-12,14H,13H2,1-2H3,(H,28,32). The topological polar surface area (TPSA) is 81.9 Å². The van der Waals surface area contributed by atoms with Gasteiger partial charge in [-0.1, -0.05) is 36.4 Å². The number of ether oxygens (including phenoxy) is 1. The first-order chi connectivity index (χ1) is 15.7. The normalized spacial score (nSPS) is 12.5. The number of hydrogen-bond acceptors (Lipinski definition) is 5. The van der Waals surface area contributed by atoms with Crippen molar-refractivity contribution in [1.82, 2.24) is 25.1 Å². The Morgan fingerprint density at radius 1 is 1.18 bits per heavy atom. The Bertz CT molecular complexity index is 1270. The summed E-state index contributed by atoms with van der Waals surface area (Å²) in [7, 11) is 1.51. The minimum Gasteiger partial charge on any atom is -0.467 e. The van der Waals surface area contributed by atoms with E-state index in [1.807, 2.05) is 0 Å². The highest BCUT2D eigenvalue weighted by Crippen LogP contribution is 2.40. The van der Waals surface area contributed by atoms with Gasteiger partial charge < -0.3 is 10.1 Å². The fourth-order valence-corrected chi connectivity index (χ4v) is 3.46. The molecule has 1 aromatic carbocycles. The zero-order valence-corrected chi connectivity index (χ0v) is 17.8. The molecule has 0 radical (unpaired) electrons. The van der Waals surface area contributed by atoms with Crippen LogP contribution in [0.25, 0.3) is 22.3 Å². The highest BCUT2D eigenvalue weighted by Gasteiger charge is 2.36. The molecular formula is C23H20F3N5O2. The highest BCUT2D eigenvalue weighted by molar-refractivity contribution is 5.94. The van der Waals surface area contributed by atoms with Crippen LogP contribution in [0, 0.1) is 0 Å². The minimum atomic E-state index is -4.68. The molecule has 4 rings (SSSR count). The van der Waals surface area contributed by atoms with Crippen LogP contribution in [0.15, 0.2) is 60.9 Å². The molecule has 0 aliphatic heterocycles. The van der Waals surface area contributed by atoms with Gasteiger partial charge >= 0.3 is 6.18 Å². The number of halogens is 3. The van der Waals surface area contributed by atoms with Crippen LogP contribution in [-0.4, -0.2) is 32.3 Å². The summed E-state index contributed by atoms with van der Waals surface area (Å²) in [6.07, 6.45) is -1.45. The number of fused-ring (bicyclic) bond motifs is 1. The van der Waals surface area contributed by atoms with E-state index in [4.69, 9.17) is 4.74 Å². The van der Waals surface area contributed by atoms with E-state index in [1.54, 1.807) is 61.8 Å². The lowest BCUT2D eigenvalue weighted by Crippen LogP contribution is -2.31. The number of amides is 1. The Kier molecular flexibility index (Phi) is 5.99.